The molecule has 6 heteroatoms. The number of carbonyl (C=O) groups is 1. The number of hydrogen-bond donors (Lipinski definition) is 2. The molecular formula is C11H16ClN3OS. The second-order valence-electron chi connectivity index (χ2n) is 4.39. The van der Waals surface area contributed by atoms with Crippen molar-refractivity contribution in [3.8, 4) is 0 Å². The van der Waals surface area contributed by atoms with E-state index in [1.165, 1.54) is 32.1 Å². The molecule has 1 aromatic heterocycles. The molecule has 17 heavy (non-hydrogen) atoms. The van der Waals surface area contributed by atoms with Crippen molar-refractivity contribution in [2.75, 3.05) is 12.3 Å². The minimum absolute atomic E-state index is 0.158. The van der Waals surface area contributed by atoms with Crippen molar-refractivity contribution in [2.45, 2.75) is 32.1 Å². The first-order chi connectivity index (χ1) is 8.16. The number of nitrogen functional groups attached to an aromatic ring is 1. The highest BCUT2D eigenvalue weighted by atomic mass is 35.5. The summed E-state index contributed by atoms with van der Waals surface area (Å²) in [6.07, 6.45) is 6.28. The number of thiazole rings is 1. The lowest BCUT2D eigenvalue weighted by Crippen LogP contribution is -2.29. The maximum Gasteiger partial charge on any atom is 0.264 e. The Morgan fingerprint density at radius 2 is 2.18 bits per heavy atom. The molecule has 94 valence electrons. The van der Waals surface area contributed by atoms with Gasteiger partial charge in [0.2, 0.25) is 0 Å². The molecule has 0 radical (unpaired) electrons. The van der Waals surface area contributed by atoms with Crippen molar-refractivity contribution in [1.82, 2.24) is 10.3 Å². The number of nitrogens with one attached hydrogen (secondary N) is 1. The molecule has 1 saturated carbocycles. The third-order valence-corrected chi connectivity index (χ3v) is 4.35. The summed E-state index contributed by atoms with van der Waals surface area (Å²) < 4.78 is 0. The van der Waals surface area contributed by atoms with Crippen LogP contribution in [-0.2, 0) is 0 Å². The lowest BCUT2D eigenvalue weighted by atomic mass is 9.89. The van der Waals surface area contributed by atoms with E-state index in [-0.39, 0.29) is 11.1 Å². The Morgan fingerprint density at radius 3 is 2.76 bits per heavy atom. The third-order valence-electron chi connectivity index (χ3n) is 3.08. The van der Waals surface area contributed by atoms with Gasteiger partial charge in [-0.05, 0) is 18.8 Å². The summed E-state index contributed by atoms with van der Waals surface area (Å²) in [5.74, 6) is 0.450. The third kappa shape index (κ3) is 3.33. The molecule has 1 aromatic rings. The first kappa shape index (κ1) is 12.6. The zero-order valence-corrected chi connectivity index (χ0v) is 11.1. The number of anilines is 1. The van der Waals surface area contributed by atoms with Gasteiger partial charge in [0.1, 0.15) is 4.88 Å². The van der Waals surface area contributed by atoms with Gasteiger partial charge in [-0.15, -0.1) is 0 Å². The summed E-state index contributed by atoms with van der Waals surface area (Å²) in [4.78, 5) is 16.1. The van der Waals surface area contributed by atoms with E-state index in [0.29, 0.717) is 15.9 Å². The van der Waals surface area contributed by atoms with Crippen LogP contribution in [0.5, 0.6) is 0 Å². The van der Waals surface area contributed by atoms with Crippen molar-refractivity contribution < 1.29 is 4.79 Å². The fourth-order valence-electron chi connectivity index (χ4n) is 2.17. The quantitative estimate of drug-likeness (QED) is 0.890. The molecule has 3 N–H and O–H groups in total. The molecule has 0 aromatic carbocycles. The number of rotatable bonds is 3. The molecule has 0 bridgehead atoms. The zero-order valence-electron chi connectivity index (χ0n) is 9.54. The van der Waals surface area contributed by atoms with Gasteiger partial charge in [0.15, 0.2) is 10.3 Å². The van der Waals surface area contributed by atoms with Crippen molar-refractivity contribution in [3.63, 3.8) is 0 Å². The van der Waals surface area contributed by atoms with Gasteiger partial charge in [0.05, 0.1) is 0 Å². The van der Waals surface area contributed by atoms with Crippen molar-refractivity contribution in [1.29, 1.82) is 0 Å². The Balaban J connectivity index is 1.86. The Kier molecular flexibility index (Phi) is 4.23. The number of nitrogens with zero attached hydrogens (tertiary/aromatic N) is 1. The summed E-state index contributed by atoms with van der Waals surface area (Å²) in [6, 6.07) is 0. The molecule has 0 unspecified atom stereocenters. The number of carbonyl (C=O) groups excluding carboxylic acids is 1. The fraction of sp³-hybridized carbons (Fsp3) is 0.636. The van der Waals surface area contributed by atoms with Gasteiger partial charge >= 0.3 is 0 Å². The van der Waals surface area contributed by atoms with Crippen molar-refractivity contribution >= 4 is 34.0 Å². The lowest BCUT2D eigenvalue weighted by Gasteiger charge is -2.21. The van der Waals surface area contributed by atoms with Crippen LogP contribution >= 0.6 is 22.9 Å². The second-order valence-corrected chi connectivity index (χ2v) is 5.77. The second kappa shape index (κ2) is 5.69. The Morgan fingerprint density at radius 1 is 1.47 bits per heavy atom. The van der Waals surface area contributed by atoms with Crippen LogP contribution in [0.4, 0.5) is 5.13 Å². The standard InChI is InChI=1S/C11H16ClN3OS/c12-9-8(17-11(13)15-9)10(16)14-6-7-4-2-1-3-5-7/h7H,1-6H2,(H2,13,15)(H,14,16). The number of amides is 1. The van der Waals surface area contributed by atoms with E-state index >= 15 is 0 Å². The van der Waals surface area contributed by atoms with E-state index in [9.17, 15) is 4.79 Å². The van der Waals surface area contributed by atoms with Gasteiger partial charge in [-0.2, -0.15) is 0 Å². The van der Waals surface area contributed by atoms with Crippen LogP contribution in [0.1, 0.15) is 41.8 Å². The van der Waals surface area contributed by atoms with E-state index in [2.05, 4.69) is 10.3 Å². The average molecular weight is 274 g/mol. The van der Waals surface area contributed by atoms with Gasteiger partial charge in [-0.1, -0.05) is 42.2 Å². The van der Waals surface area contributed by atoms with Crippen LogP contribution in [-0.4, -0.2) is 17.4 Å². The normalized spacial score (nSPS) is 17.0. The number of aromatic nitrogens is 1. The first-order valence-electron chi connectivity index (χ1n) is 5.87. The summed E-state index contributed by atoms with van der Waals surface area (Å²) in [5.41, 5.74) is 5.50. The van der Waals surface area contributed by atoms with Crippen LogP contribution in [0.3, 0.4) is 0 Å². The van der Waals surface area contributed by atoms with Crippen LogP contribution in [0.15, 0.2) is 0 Å². The van der Waals surface area contributed by atoms with E-state index in [0.717, 1.165) is 17.9 Å². The smallest absolute Gasteiger partial charge is 0.264 e. The summed E-state index contributed by atoms with van der Waals surface area (Å²) in [5, 5.41) is 3.45. The van der Waals surface area contributed by atoms with Gasteiger partial charge in [0.25, 0.3) is 5.91 Å². The summed E-state index contributed by atoms with van der Waals surface area (Å²) in [7, 11) is 0. The highest BCUT2D eigenvalue weighted by molar-refractivity contribution is 7.17. The number of hydrogen-bond acceptors (Lipinski definition) is 4. The fourth-order valence-corrected chi connectivity index (χ4v) is 3.15. The lowest BCUT2D eigenvalue weighted by molar-refractivity contribution is 0.0947. The topological polar surface area (TPSA) is 68.0 Å². The molecule has 0 saturated heterocycles. The molecule has 1 heterocycles. The maximum atomic E-state index is 11.8. The van der Waals surface area contributed by atoms with Crippen LogP contribution in [0, 0.1) is 5.92 Å². The molecule has 1 aliphatic rings. The van der Waals surface area contributed by atoms with E-state index in [1.54, 1.807) is 0 Å². The minimum Gasteiger partial charge on any atom is -0.375 e. The molecule has 2 rings (SSSR count). The van der Waals surface area contributed by atoms with Gasteiger partial charge in [-0.3, -0.25) is 4.79 Å². The molecule has 4 nitrogen and oxygen atoms in total. The van der Waals surface area contributed by atoms with Gasteiger partial charge < -0.3 is 11.1 Å². The molecule has 0 atom stereocenters. The zero-order chi connectivity index (χ0) is 12.3. The largest absolute Gasteiger partial charge is 0.375 e. The van der Waals surface area contributed by atoms with Crippen LogP contribution < -0.4 is 11.1 Å². The van der Waals surface area contributed by atoms with Crippen LogP contribution in [0.25, 0.3) is 0 Å². The predicted octanol–water partition coefficient (Wildman–Crippen LogP) is 2.69. The highest BCUT2D eigenvalue weighted by Gasteiger charge is 2.18. The Labute approximate surface area is 110 Å². The summed E-state index contributed by atoms with van der Waals surface area (Å²) >= 11 is 6.95. The minimum atomic E-state index is -0.158. The molecule has 1 aliphatic carbocycles. The van der Waals surface area contributed by atoms with Crippen molar-refractivity contribution in [2.24, 2.45) is 5.92 Å². The van der Waals surface area contributed by atoms with Gasteiger partial charge in [0, 0.05) is 6.54 Å². The predicted molar refractivity (Wildman–Crippen MR) is 70.4 cm³/mol. The molecule has 1 amide bonds. The van der Waals surface area contributed by atoms with E-state index in [1.807, 2.05) is 0 Å². The molecule has 1 fully saturated rings. The van der Waals surface area contributed by atoms with Crippen molar-refractivity contribution in [3.05, 3.63) is 10.0 Å². The summed E-state index contributed by atoms with van der Waals surface area (Å²) in [6.45, 7) is 0.729. The van der Waals surface area contributed by atoms with E-state index in [4.69, 9.17) is 17.3 Å². The van der Waals surface area contributed by atoms with Gasteiger partial charge in [-0.25, -0.2) is 4.98 Å². The molecular weight excluding hydrogens is 258 g/mol. The number of halogens is 1. The van der Waals surface area contributed by atoms with Crippen LogP contribution in [0.2, 0.25) is 5.15 Å². The Hall–Kier alpha value is -0.810. The number of nitrogens with two attached hydrogens (primary N) is 1. The average Bonchev–Trinajstić information content (AvgIpc) is 2.67. The molecule has 0 aliphatic heterocycles. The monoisotopic (exact) mass is 273 g/mol. The highest BCUT2D eigenvalue weighted by Crippen LogP contribution is 2.25. The Bertz CT molecular complexity index is 401. The maximum absolute atomic E-state index is 11.8. The SMILES string of the molecule is Nc1nc(Cl)c(C(=O)NCC2CCCCC2)s1. The molecule has 0 spiro atoms. The first-order valence-corrected chi connectivity index (χ1v) is 7.06. The van der Waals surface area contributed by atoms with E-state index < -0.39 is 0 Å².